The van der Waals surface area contributed by atoms with Crippen LogP contribution in [0.25, 0.3) is 0 Å². The molecule has 1 heterocycles. The maximum atomic E-state index is 11.6. The maximum Gasteiger partial charge on any atom is 0.536 e. The van der Waals surface area contributed by atoms with E-state index in [9.17, 15) is 9.59 Å². The molecule has 1 unspecified atom stereocenters. The van der Waals surface area contributed by atoms with E-state index in [0.29, 0.717) is 5.56 Å². The monoisotopic (exact) mass is 296 g/mol. The van der Waals surface area contributed by atoms with Crippen molar-refractivity contribution in [1.82, 2.24) is 0 Å². The Morgan fingerprint density at radius 2 is 1.80 bits per heavy atom. The zero-order chi connectivity index (χ0) is 14.8. The fourth-order valence-electron chi connectivity index (χ4n) is 2.28. The quantitative estimate of drug-likeness (QED) is 0.443. The highest BCUT2D eigenvalue weighted by Gasteiger charge is 2.42. The van der Waals surface area contributed by atoms with Gasteiger partial charge in [-0.05, 0) is 5.56 Å². The first kappa shape index (κ1) is 14.9. The van der Waals surface area contributed by atoms with Crippen LogP contribution in [0.1, 0.15) is 17.9 Å². The zero-order valence-electron chi connectivity index (χ0n) is 11.5. The Balaban J connectivity index is 2.37. The molecule has 1 atom stereocenters. The van der Waals surface area contributed by atoms with Gasteiger partial charge in [0.1, 0.15) is 0 Å². The normalized spacial score (nSPS) is 19.2. The molecule has 1 aromatic rings. The molecule has 0 N–H and O–H groups in total. The third-order valence-corrected chi connectivity index (χ3v) is 5.95. The fourth-order valence-corrected chi connectivity index (χ4v) is 4.13. The molecule has 0 amide bonds. The van der Waals surface area contributed by atoms with Gasteiger partial charge in [-0.2, -0.15) is 0 Å². The SMILES string of the molecule is CO[Si](OC)(OC)c1cccc(C2CC(=O)OC2=O)c1. The molecule has 0 bridgehead atoms. The molecule has 1 saturated heterocycles. The summed E-state index contributed by atoms with van der Waals surface area (Å²) in [4.78, 5) is 22.8. The van der Waals surface area contributed by atoms with Crippen LogP contribution >= 0.6 is 0 Å². The van der Waals surface area contributed by atoms with Crippen LogP contribution < -0.4 is 5.19 Å². The number of carbonyl (C=O) groups is 2. The Kier molecular flexibility index (Phi) is 4.34. The average molecular weight is 296 g/mol. The molecule has 0 radical (unpaired) electrons. The summed E-state index contributed by atoms with van der Waals surface area (Å²) in [6.07, 6.45) is 0.0593. The van der Waals surface area contributed by atoms with Gasteiger partial charge < -0.3 is 18.0 Å². The van der Waals surface area contributed by atoms with Gasteiger partial charge >= 0.3 is 20.7 Å². The van der Waals surface area contributed by atoms with Crippen LogP contribution in [0.15, 0.2) is 24.3 Å². The molecule has 0 spiro atoms. The van der Waals surface area contributed by atoms with Gasteiger partial charge in [-0.25, -0.2) is 0 Å². The summed E-state index contributed by atoms with van der Waals surface area (Å²) in [7, 11) is 1.59. The van der Waals surface area contributed by atoms with Crippen molar-refractivity contribution >= 4 is 25.9 Å². The second kappa shape index (κ2) is 5.84. The summed E-state index contributed by atoms with van der Waals surface area (Å²) in [6, 6.07) is 7.13. The molecule has 0 saturated carbocycles. The largest absolute Gasteiger partial charge is 0.536 e. The number of rotatable bonds is 5. The van der Waals surface area contributed by atoms with Gasteiger partial charge in [-0.1, -0.05) is 24.3 Å². The molecular formula is C13H16O6Si. The van der Waals surface area contributed by atoms with Crippen LogP contribution in [-0.2, 0) is 27.6 Å². The van der Waals surface area contributed by atoms with E-state index in [1.54, 1.807) is 18.2 Å². The second-order valence-electron chi connectivity index (χ2n) is 4.34. The Hall–Kier alpha value is -1.54. The van der Waals surface area contributed by atoms with Gasteiger partial charge in [0.15, 0.2) is 0 Å². The highest BCUT2D eigenvalue weighted by atomic mass is 28.4. The van der Waals surface area contributed by atoms with Crippen molar-refractivity contribution in [1.29, 1.82) is 0 Å². The first-order valence-electron chi connectivity index (χ1n) is 6.06. The van der Waals surface area contributed by atoms with Crippen LogP contribution in [0.2, 0.25) is 0 Å². The number of benzene rings is 1. The second-order valence-corrected chi connectivity index (χ2v) is 7.26. The van der Waals surface area contributed by atoms with E-state index in [0.717, 1.165) is 5.19 Å². The Bertz CT molecular complexity index is 517. The van der Waals surface area contributed by atoms with Gasteiger partial charge in [0.05, 0.1) is 12.3 Å². The third-order valence-electron chi connectivity index (χ3n) is 3.32. The van der Waals surface area contributed by atoms with E-state index < -0.39 is 26.7 Å². The minimum Gasteiger partial charge on any atom is -0.393 e. The third kappa shape index (κ3) is 2.53. The zero-order valence-corrected chi connectivity index (χ0v) is 12.5. The number of hydrogen-bond acceptors (Lipinski definition) is 6. The number of hydrogen-bond donors (Lipinski definition) is 0. The average Bonchev–Trinajstić information content (AvgIpc) is 2.81. The molecule has 20 heavy (non-hydrogen) atoms. The summed E-state index contributed by atoms with van der Waals surface area (Å²) in [6.45, 7) is 0. The molecule has 6 nitrogen and oxygen atoms in total. The van der Waals surface area contributed by atoms with Crippen LogP contribution in [-0.4, -0.2) is 42.1 Å². The molecule has 1 fully saturated rings. The topological polar surface area (TPSA) is 71.1 Å². The van der Waals surface area contributed by atoms with Gasteiger partial charge in [0.2, 0.25) is 0 Å². The van der Waals surface area contributed by atoms with Gasteiger partial charge in [0.25, 0.3) is 0 Å². The minimum atomic E-state index is -2.95. The van der Waals surface area contributed by atoms with Crippen molar-refractivity contribution in [3.63, 3.8) is 0 Å². The first-order valence-corrected chi connectivity index (χ1v) is 7.79. The number of ether oxygens (including phenoxy) is 1. The van der Waals surface area contributed by atoms with Crippen molar-refractivity contribution in [3.05, 3.63) is 29.8 Å². The molecular weight excluding hydrogens is 280 g/mol. The van der Waals surface area contributed by atoms with E-state index in [1.807, 2.05) is 6.07 Å². The van der Waals surface area contributed by atoms with Crippen molar-refractivity contribution < 1.29 is 27.6 Å². The van der Waals surface area contributed by atoms with Crippen LogP contribution in [0.5, 0.6) is 0 Å². The van der Waals surface area contributed by atoms with E-state index in [-0.39, 0.29) is 6.42 Å². The predicted molar refractivity (Wildman–Crippen MR) is 71.3 cm³/mol. The predicted octanol–water partition coefficient (Wildman–Crippen LogP) is 0.329. The Morgan fingerprint density at radius 1 is 1.15 bits per heavy atom. The molecule has 1 aromatic carbocycles. The lowest BCUT2D eigenvalue weighted by atomic mass is 9.98. The standard InChI is InChI=1S/C13H16O6Si/c1-16-20(17-2,18-3)10-6-4-5-9(7-10)11-8-12(14)19-13(11)15/h4-7,11H,8H2,1-3H3. The first-order chi connectivity index (χ1) is 9.56. The summed E-state index contributed by atoms with van der Waals surface area (Å²) >= 11 is 0. The lowest BCUT2D eigenvalue weighted by Crippen LogP contribution is -2.54. The number of cyclic esters (lactones) is 2. The molecule has 0 aliphatic carbocycles. The lowest BCUT2D eigenvalue weighted by molar-refractivity contribution is -0.152. The van der Waals surface area contributed by atoms with Crippen molar-refractivity contribution in [2.24, 2.45) is 0 Å². The minimum absolute atomic E-state index is 0.0593. The Morgan fingerprint density at radius 3 is 2.30 bits per heavy atom. The molecule has 108 valence electrons. The highest BCUT2D eigenvalue weighted by molar-refractivity contribution is 6.75. The number of carbonyl (C=O) groups excluding carboxylic acids is 2. The molecule has 1 aliphatic rings. The summed E-state index contributed by atoms with van der Waals surface area (Å²) in [5.41, 5.74) is 0.696. The van der Waals surface area contributed by atoms with Crippen LogP contribution in [0.4, 0.5) is 0 Å². The lowest BCUT2D eigenvalue weighted by Gasteiger charge is -2.25. The van der Waals surface area contributed by atoms with E-state index in [2.05, 4.69) is 4.74 Å². The molecule has 1 aliphatic heterocycles. The van der Waals surface area contributed by atoms with Crippen molar-refractivity contribution in [2.75, 3.05) is 21.3 Å². The van der Waals surface area contributed by atoms with E-state index in [4.69, 9.17) is 13.3 Å². The van der Waals surface area contributed by atoms with Crippen LogP contribution in [0, 0.1) is 0 Å². The fraction of sp³-hybridized carbons (Fsp3) is 0.385. The van der Waals surface area contributed by atoms with E-state index >= 15 is 0 Å². The van der Waals surface area contributed by atoms with Gasteiger partial charge in [0, 0.05) is 26.5 Å². The number of esters is 2. The molecule has 2 rings (SSSR count). The molecule has 0 aromatic heterocycles. The van der Waals surface area contributed by atoms with Gasteiger partial charge in [-0.15, -0.1) is 0 Å². The summed E-state index contributed by atoms with van der Waals surface area (Å²) < 4.78 is 20.8. The van der Waals surface area contributed by atoms with Crippen LogP contribution in [0.3, 0.4) is 0 Å². The highest BCUT2D eigenvalue weighted by Crippen LogP contribution is 2.27. The summed E-state index contributed by atoms with van der Waals surface area (Å²) in [5.74, 6) is -1.59. The van der Waals surface area contributed by atoms with E-state index in [1.165, 1.54) is 21.3 Å². The molecule has 7 heteroatoms. The van der Waals surface area contributed by atoms with Crippen molar-refractivity contribution in [2.45, 2.75) is 12.3 Å². The van der Waals surface area contributed by atoms with Gasteiger partial charge in [-0.3, -0.25) is 9.59 Å². The summed E-state index contributed by atoms with van der Waals surface area (Å²) in [5, 5.41) is 0.731. The Labute approximate surface area is 118 Å². The maximum absolute atomic E-state index is 11.6. The smallest absolute Gasteiger partial charge is 0.393 e. The van der Waals surface area contributed by atoms with Crippen molar-refractivity contribution in [3.8, 4) is 0 Å².